The molecule has 1 amide bonds. The van der Waals surface area contributed by atoms with Crippen molar-refractivity contribution in [3.05, 3.63) is 72.3 Å². The van der Waals surface area contributed by atoms with Gasteiger partial charge in [-0.05, 0) is 42.7 Å². The van der Waals surface area contributed by atoms with E-state index in [0.29, 0.717) is 13.0 Å². The van der Waals surface area contributed by atoms with Gasteiger partial charge < -0.3 is 10.1 Å². The van der Waals surface area contributed by atoms with E-state index in [9.17, 15) is 4.79 Å². The van der Waals surface area contributed by atoms with Gasteiger partial charge in [-0.25, -0.2) is 9.67 Å². The minimum atomic E-state index is -0.165. The lowest BCUT2D eigenvalue weighted by Crippen LogP contribution is -2.38. The normalized spacial score (nSPS) is 17.0. The monoisotopic (exact) mass is 348 g/mol. The number of benzene rings is 2. The number of amides is 1. The minimum Gasteiger partial charge on any atom is -0.492 e. The van der Waals surface area contributed by atoms with Crippen LogP contribution in [0.15, 0.2) is 61.2 Å². The zero-order chi connectivity index (χ0) is 17.9. The van der Waals surface area contributed by atoms with Gasteiger partial charge >= 0.3 is 0 Å². The second kappa shape index (κ2) is 7.00. The fourth-order valence-electron chi connectivity index (χ4n) is 3.17. The molecule has 0 radical (unpaired) electrons. The number of carbonyl (C=O) groups excluding carboxylic acids is 1. The molecule has 1 aliphatic rings. The largest absolute Gasteiger partial charge is 0.492 e. The van der Waals surface area contributed by atoms with E-state index < -0.39 is 0 Å². The van der Waals surface area contributed by atoms with Crippen molar-refractivity contribution >= 4 is 5.91 Å². The Bertz CT molecular complexity index is 890. The van der Waals surface area contributed by atoms with E-state index in [0.717, 1.165) is 22.6 Å². The van der Waals surface area contributed by atoms with E-state index >= 15 is 0 Å². The Balaban J connectivity index is 1.40. The molecule has 4 rings (SSSR count). The summed E-state index contributed by atoms with van der Waals surface area (Å²) >= 11 is 0. The van der Waals surface area contributed by atoms with Crippen LogP contribution in [0.1, 0.15) is 24.1 Å². The summed E-state index contributed by atoms with van der Waals surface area (Å²) in [5.74, 6) is 0.738. The van der Waals surface area contributed by atoms with Gasteiger partial charge in [-0.2, -0.15) is 5.10 Å². The third-order valence-electron chi connectivity index (χ3n) is 4.68. The van der Waals surface area contributed by atoms with Crippen molar-refractivity contribution in [2.45, 2.75) is 19.4 Å². The van der Waals surface area contributed by atoms with Crippen LogP contribution in [0.3, 0.4) is 0 Å². The Labute approximate surface area is 151 Å². The molecule has 0 bridgehead atoms. The van der Waals surface area contributed by atoms with Gasteiger partial charge in [-0.15, -0.1) is 0 Å². The van der Waals surface area contributed by atoms with Crippen molar-refractivity contribution < 1.29 is 9.53 Å². The van der Waals surface area contributed by atoms with Crippen molar-refractivity contribution in [1.82, 2.24) is 20.1 Å². The Morgan fingerprint density at radius 2 is 2.04 bits per heavy atom. The first-order valence-corrected chi connectivity index (χ1v) is 8.67. The molecule has 1 aliphatic heterocycles. The molecular weight excluding hydrogens is 328 g/mol. The molecule has 6 nitrogen and oxygen atoms in total. The molecule has 132 valence electrons. The molecule has 0 fully saturated rings. The van der Waals surface area contributed by atoms with Crippen molar-refractivity contribution in [3.8, 4) is 11.4 Å². The fourth-order valence-corrected chi connectivity index (χ4v) is 3.17. The standard InChI is InChI=1S/C20H20N4O2/c1-14(15-6-8-18(9-7-15)24-13-21-12-22-24)23-20(25)17-10-16-4-2-3-5-19(16)26-11-17/h2-9,12-14,17H,10-11H2,1H3,(H,23,25)/t14-,17-/m1/s1. The smallest absolute Gasteiger partial charge is 0.227 e. The molecule has 0 aliphatic carbocycles. The summed E-state index contributed by atoms with van der Waals surface area (Å²) in [7, 11) is 0. The minimum absolute atomic E-state index is 0.0207. The summed E-state index contributed by atoms with van der Waals surface area (Å²) in [6, 6.07) is 15.7. The fraction of sp³-hybridized carbons (Fsp3) is 0.250. The van der Waals surface area contributed by atoms with Gasteiger partial charge in [0.05, 0.1) is 17.6 Å². The predicted octanol–water partition coefficient (Wildman–Crippen LogP) is 2.70. The summed E-state index contributed by atoms with van der Waals surface area (Å²) in [5, 5.41) is 7.21. The number of aromatic nitrogens is 3. The zero-order valence-corrected chi connectivity index (χ0v) is 14.5. The maximum absolute atomic E-state index is 12.6. The number of fused-ring (bicyclic) bond motifs is 1. The van der Waals surface area contributed by atoms with E-state index in [-0.39, 0.29) is 17.9 Å². The summed E-state index contributed by atoms with van der Waals surface area (Å²) < 4.78 is 7.42. The van der Waals surface area contributed by atoms with Crippen LogP contribution in [-0.4, -0.2) is 27.3 Å². The Morgan fingerprint density at radius 1 is 1.23 bits per heavy atom. The first-order chi connectivity index (χ1) is 12.7. The van der Waals surface area contributed by atoms with E-state index in [1.165, 1.54) is 6.33 Å². The van der Waals surface area contributed by atoms with Gasteiger partial charge in [0.1, 0.15) is 25.0 Å². The highest BCUT2D eigenvalue weighted by Crippen LogP contribution is 2.27. The Kier molecular flexibility index (Phi) is 4.39. The number of nitrogens with zero attached hydrogens (tertiary/aromatic N) is 3. The first kappa shape index (κ1) is 16.3. The molecule has 2 atom stereocenters. The molecule has 0 saturated carbocycles. The Hall–Kier alpha value is -3.15. The molecular formula is C20H20N4O2. The summed E-state index contributed by atoms with van der Waals surface area (Å²) in [5.41, 5.74) is 3.06. The molecule has 1 N–H and O–H groups in total. The van der Waals surface area contributed by atoms with Gasteiger partial charge in [0, 0.05) is 0 Å². The van der Waals surface area contributed by atoms with Gasteiger partial charge in [0.2, 0.25) is 5.91 Å². The molecule has 1 aromatic heterocycles. The van der Waals surface area contributed by atoms with Crippen LogP contribution in [0, 0.1) is 5.92 Å². The predicted molar refractivity (Wildman–Crippen MR) is 97.0 cm³/mol. The molecule has 0 unspecified atom stereocenters. The second-order valence-electron chi connectivity index (χ2n) is 6.48. The van der Waals surface area contributed by atoms with Crippen molar-refractivity contribution in [1.29, 1.82) is 0 Å². The quantitative estimate of drug-likeness (QED) is 0.787. The first-order valence-electron chi connectivity index (χ1n) is 8.67. The molecule has 0 spiro atoms. The van der Waals surface area contributed by atoms with Crippen LogP contribution >= 0.6 is 0 Å². The number of ether oxygens (including phenoxy) is 1. The van der Waals surface area contributed by atoms with Crippen LogP contribution < -0.4 is 10.1 Å². The highest BCUT2D eigenvalue weighted by molar-refractivity contribution is 5.80. The summed E-state index contributed by atoms with van der Waals surface area (Å²) in [6.45, 7) is 2.40. The molecule has 2 aromatic carbocycles. The van der Waals surface area contributed by atoms with E-state index in [1.807, 2.05) is 55.5 Å². The van der Waals surface area contributed by atoms with Crippen LogP contribution in [0.2, 0.25) is 0 Å². The number of hydrogen-bond donors (Lipinski definition) is 1. The lowest BCUT2D eigenvalue weighted by molar-refractivity contribution is -0.126. The summed E-state index contributed by atoms with van der Waals surface area (Å²) in [6.07, 6.45) is 3.86. The average Bonchev–Trinajstić information content (AvgIpc) is 3.22. The number of carbonyl (C=O) groups is 1. The lowest BCUT2D eigenvalue weighted by Gasteiger charge is -2.26. The molecule has 0 saturated heterocycles. The van der Waals surface area contributed by atoms with Gasteiger partial charge in [-0.1, -0.05) is 30.3 Å². The van der Waals surface area contributed by atoms with E-state index in [2.05, 4.69) is 15.4 Å². The van der Waals surface area contributed by atoms with Crippen LogP contribution in [0.5, 0.6) is 5.75 Å². The number of nitrogens with one attached hydrogen (secondary N) is 1. The van der Waals surface area contributed by atoms with Crippen LogP contribution in [0.25, 0.3) is 5.69 Å². The van der Waals surface area contributed by atoms with E-state index in [4.69, 9.17) is 4.74 Å². The maximum Gasteiger partial charge on any atom is 0.227 e. The molecule has 3 aromatic rings. The van der Waals surface area contributed by atoms with Crippen LogP contribution in [-0.2, 0) is 11.2 Å². The number of para-hydroxylation sites is 1. The zero-order valence-electron chi connectivity index (χ0n) is 14.5. The third-order valence-corrected chi connectivity index (χ3v) is 4.68. The molecule has 26 heavy (non-hydrogen) atoms. The lowest BCUT2D eigenvalue weighted by atomic mass is 9.95. The number of rotatable bonds is 4. The summed E-state index contributed by atoms with van der Waals surface area (Å²) in [4.78, 5) is 16.6. The highest BCUT2D eigenvalue weighted by atomic mass is 16.5. The molecule has 6 heteroatoms. The van der Waals surface area contributed by atoms with Crippen molar-refractivity contribution in [2.75, 3.05) is 6.61 Å². The number of hydrogen-bond acceptors (Lipinski definition) is 4. The van der Waals surface area contributed by atoms with Gasteiger partial charge in [0.25, 0.3) is 0 Å². The van der Waals surface area contributed by atoms with Crippen molar-refractivity contribution in [2.24, 2.45) is 5.92 Å². The topological polar surface area (TPSA) is 69.0 Å². The SMILES string of the molecule is C[C@@H](NC(=O)[C@H]1COc2ccccc2C1)c1ccc(-n2cncn2)cc1. The highest BCUT2D eigenvalue weighted by Gasteiger charge is 2.26. The Morgan fingerprint density at radius 3 is 2.81 bits per heavy atom. The van der Waals surface area contributed by atoms with Gasteiger partial charge in [0.15, 0.2) is 0 Å². The van der Waals surface area contributed by atoms with Crippen molar-refractivity contribution in [3.63, 3.8) is 0 Å². The third kappa shape index (κ3) is 3.31. The molecule has 2 heterocycles. The van der Waals surface area contributed by atoms with Crippen LogP contribution in [0.4, 0.5) is 0 Å². The van der Waals surface area contributed by atoms with Gasteiger partial charge in [-0.3, -0.25) is 4.79 Å². The second-order valence-corrected chi connectivity index (χ2v) is 6.48. The maximum atomic E-state index is 12.6. The average molecular weight is 348 g/mol. The van der Waals surface area contributed by atoms with E-state index in [1.54, 1.807) is 11.0 Å².